The molecule has 0 atom stereocenters. The molecule has 2 rings (SSSR count). The van der Waals surface area contributed by atoms with Gasteiger partial charge in [-0.15, -0.1) is 0 Å². The van der Waals surface area contributed by atoms with Crippen LogP contribution in [0, 0.1) is 13.0 Å². The van der Waals surface area contributed by atoms with E-state index in [0.29, 0.717) is 17.4 Å². The quantitative estimate of drug-likeness (QED) is 0.809. The largest absolute Gasteiger partial charge is 0.487 e. The van der Waals surface area contributed by atoms with Crippen LogP contribution in [0.5, 0.6) is 5.75 Å². The second-order valence-electron chi connectivity index (χ2n) is 3.46. The maximum atomic E-state index is 6.04. The monoisotopic (exact) mass is 232 g/mol. The summed E-state index contributed by atoms with van der Waals surface area (Å²) in [6.45, 7) is 2.31. The van der Waals surface area contributed by atoms with Gasteiger partial charge in [-0.1, -0.05) is 29.8 Å². The third kappa shape index (κ3) is 2.74. The number of halogens is 1. The molecule has 81 valence electrons. The first-order valence-electron chi connectivity index (χ1n) is 4.96. The van der Waals surface area contributed by atoms with Crippen LogP contribution in [0.1, 0.15) is 11.3 Å². The average Bonchev–Trinajstić information content (AvgIpc) is 2.29. The van der Waals surface area contributed by atoms with Crippen LogP contribution in [0.2, 0.25) is 5.02 Å². The van der Waals surface area contributed by atoms with Gasteiger partial charge in [0.1, 0.15) is 12.4 Å². The highest BCUT2D eigenvalue weighted by atomic mass is 35.5. The number of aryl methyl sites for hydroxylation is 1. The summed E-state index contributed by atoms with van der Waals surface area (Å²) in [5.41, 5.74) is 1.78. The number of pyridine rings is 1. The summed E-state index contributed by atoms with van der Waals surface area (Å²) in [4.78, 5) is 4.22. The van der Waals surface area contributed by atoms with Gasteiger partial charge in [-0.25, -0.2) is 0 Å². The molecule has 1 radical (unpaired) electrons. The molecular weight excluding hydrogens is 222 g/mol. The van der Waals surface area contributed by atoms with Crippen molar-refractivity contribution in [3.05, 3.63) is 58.9 Å². The number of benzene rings is 1. The van der Waals surface area contributed by atoms with Crippen molar-refractivity contribution in [1.29, 1.82) is 0 Å². The fourth-order valence-corrected chi connectivity index (χ4v) is 1.56. The Morgan fingerprint density at radius 1 is 1.44 bits per heavy atom. The molecule has 0 aliphatic rings. The van der Waals surface area contributed by atoms with Gasteiger partial charge in [0.05, 0.1) is 10.7 Å². The van der Waals surface area contributed by atoms with Crippen LogP contribution in [0.25, 0.3) is 0 Å². The Kier molecular flexibility index (Phi) is 3.42. The number of para-hydroxylation sites is 1. The number of ether oxygens (including phenoxy) is 1. The van der Waals surface area contributed by atoms with Crippen LogP contribution in [-0.4, -0.2) is 4.98 Å². The summed E-state index contributed by atoms with van der Waals surface area (Å²) in [7, 11) is 0. The highest BCUT2D eigenvalue weighted by molar-refractivity contribution is 6.31. The molecule has 0 aliphatic heterocycles. The predicted molar refractivity (Wildman–Crippen MR) is 63.6 cm³/mol. The first kappa shape index (κ1) is 11.0. The Labute approximate surface area is 99.9 Å². The van der Waals surface area contributed by atoms with Gasteiger partial charge < -0.3 is 4.74 Å². The number of aromatic nitrogens is 1. The Morgan fingerprint density at radius 2 is 2.31 bits per heavy atom. The first-order valence-corrected chi connectivity index (χ1v) is 5.34. The van der Waals surface area contributed by atoms with E-state index in [9.17, 15) is 0 Å². The Hall–Kier alpha value is -1.54. The van der Waals surface area contributed by atoms with Crippen molar-refractivity contribution in [2.75, 3.05) is 0 Å². The average molecular weight is 233 g/mol. The van der Waals surface area contributed by atoms with Crippen molar-refractivity contribution in [1.82, 2.24) is 4.98 Å². The van der Waals surface area contributed by atoms with Crippen LogP contribution >= 0.6 is 11.6 Å². The zero-order valence-electron chi connectivity index (χ0n) is 8.90. The Morgan fingerprint density at radius 3 is 3.00 bits per heavy atom. The second-order valence-corrected chi connectivity index (χ2v) is 3.86. The molecule has 0 amide bonds. The molecule has 0 aliphatic carbocycles. The molecule has 2 aromatic rings. The van der Waals surface area contributed by atoms with Crippen molar-refractivity contribution < 1.29 is 4.74 Å². The van der Waals surface area contributed by atoms with Gasteiger partial charge in [0.15, 0.2) is 0 Å². The molecule has 0 fully saturated rings. The zero-order chi connectivity index (χ0) is 11.4. The van der Waals surface area contributed by atoms with Crippen molar-refractivity contribution in [3.63, 3.8) is 0 Å². The lowest BCUT2D eigenvalue weighted by atomic mass is 10.3. The molecule has 1 heterocycles. The Balaban J connectivity index is 2.05. The molecule has 0 bridgehead atoms. The smallest absolute Gasteiger partial charge is 0.132 e. The molecule has 0 unspecified atom stereocenters. The standard InChI is InChI=1S/C13H11ClNO/c1-10-7-12(14)13(15-8-10)9-16-11-5-3-2-4-6-11/h2-5,7-8H,9H2,1H3. The highest BCUT2D eigenvalue weighted by Crippen LogP contribution is 2.17. The summed E-state index contributed by atoms with van der Waals surface area (Å²) in [5, 5.41) is 0.635. The molecule has 0 N–H and O–H groups in total. The fourth-order valence-electron chi connectivity index (χ4n) is 1.28. The van der Waals surface area contributed by atoms with Crippen molar-refractivity contribution >= 4 is 11.6 Å². The third-order valence-corrected chi connectivity index (χ3v) is 2.43. The van der Waals surface area contributed by atoms with Crippen LogP contribution in [0.3, 0.4) is 0 Å². The van der Waals surface area contributed by atoms with Crippen LogP contribution in [0.4, 0.5) is 0 Å². The van der Waals surface area contributed by atoms with E-state index in [-0.39, 0.29) is 0 Å². The molecule has 1 aromatic heterocycles. The molecule has 0 saturated heterocycles. The van der Waals surface area contributed by atoms with Crippen molar-refractivity contribution in [3.8, 4) is 5.75 Å². The summed E-state index contributed by atoms with van der Waals surface area (Å²) < 4.78 is 5.51. The maximum absolute atomic E-state index is 6.04. The number of hydrogen-bond acceptors (Lipinski definition) is 2. The van der Waals surface area contributed by atoms with Gasteiger partial charge in [-0.3, -0.25) is 4.98 Å². The van der Waals surface area contributed by atoms with E-state index in [4.69, 9.17) is 16.3 Å². The Bertz CT molecular complexity index is 471. The zero-order valence-corrected chi connectivity index (χ0v) is 9.66. The van der Waals surface area contributed by atoms with E-state index < -0.39 is 0 Å². The second kappa shape index (κ2) is 4.99. The molecule has 2 nitrogen and oxygen atoms in total. The van der Waals surface area contributed by atoms with Gasteiger partial charge >= 0.3 is 0 Å². The van der Waals surface area contributed by atoms with Crippen molar-refractivity contribution in [2.45, 2.75) is 13.5 Å². The molecule has 0 spiro atoms. The number of rotatable bonds is 3. The lowest BCUT2D eigenvalue weighted by Gasteiger charge is -2.06. The summed E-state index contributed by atoms with van der Waals surface area (Å²) >= 11 is 6.04. The molecule has 0 saturated carbocycles. The molecule has 1 aromatic carbocycles. The summed E-state index contributed by atoms with van der Waals surface area (Å²) in [5.74, 6) is 0.695. The highest BCUT2D eigenvalue weighted by Gasteiger charge is 2.03. The van der Waals surface area contributed by atoms with Crippen molar-refractivity contribution in [2.24, 2.45) is 0 Å². The van der Waals surface area contributed by atoms with Gasteiger partial charge in [0, 0.05) is 12.3 Å². The number of hydrogen-bond donors (Lipinski definition) is 0. The third-order valence-electron chi connectivity index (χ3n) is 2.10. The molecular formula is C13H11ClNO. The van der Waals surface area contributed by atoms with E-state index in [1.54, 1.807) is 12.3 Å². The van der Waals surface area contributed by atoms with E-state index in [1.165, 1.54) is 0 Å². The van der Waals surface area contributed by atoms with E-state index >= 15 is 0 Å². The van der Waals surface area contributed by atoms with Crippen LogP contribution < -0.4 is 4.74 Å². The van der Waals surface area contributed by atoms with Crippen LogP contribution in [0.15, 0.2) is 36.5 Å². The molecule has 16 heavy (non-hydrogen) atoms. The topological polar surface area (TPSA) is 22.1 Å². The normalized spacial score (nSPS) is 10.1. The van der Waals surface area contributed by atoms with Gasteiger partial charge in [0.2, 0.25) is 0 Å². The number of nitrogens with zero attached hydrogens (tertiary/aromatic N) is 1. The van der Waals surface area contributed by atoms with E-state index in [1.807, 2.05) is 31.2 Å². The lowest BCUT2D eigenvalue weighted by Crippen LogP contribution is -1.99. The van der Waals surface area contributed by atoms with E-state index in [2.05, 4.69) is 11.1 Å². The first-order chi connectivity index (χ1) is 7.75. The SMILES string of the molecule is Cc1cnc(COc2[c]cccc2)c(Cl)c1. The summed E-state index contributed by atoms with van der Waals surface area (Å²) in [6.07, 6.45) is 1.78. The minimum absolute atomic E-state index is 0.361. The van der Waals surface area contributed by atoms with Gasteiger partial charge in [0.25, 0.3) is 0 Å². The maximum Gasteiger partial charge on any atom is 0.132 e. The summed E-state index contributed by atoms with van der Waals surface area (Å²) in [6, 6.07) is 12.3. The van der Waals surface area contributed by atoms with Gasteiger partial charge in [-0.05, 0) is 24.6 Å². The molecule has 3 heteroatoms. The van der Waals surface area contributed by atoms with Crippen LogP contribution in [-0.2, 0) is 6.61 Å². The van der Waals surface area contributed by atoms with Gasteiger partial charge in [-0.2, -0.15) is 0 Å². The van der Waals surface area contributed by atoms with E-state index in [0.717, 1.165) is 11.3 Å². The minimum Gasteiger partial charge on any atom is -0.487 e. The fraction of sp³-hybridized carbons (Fsp3) is 0.154. The predicted octanol–water partition coefficient (Wildman–Crippen LogP) is 3.42. The minimum atomic E-state index is 0.361. The lowest BCUT2D eigenvalue weighted by molar-refractivity contribution is 0.301.